The van der Waals surface area contributed by atoms with Crippen LogP contribution in [0, 0.1) is 0 Å². The van der Waals surface area contributed by atoms with Crippen LogP contribution in [0.4, 0.5) is 0 Å². The second-order valence-corrected chi connectivity index (χ2v) is 7.34. The number of amides is 1. The molecule has 4 rings (SSSR count). The lowest BCUT2D eigenvalue weighted by Crippen LogP contribution is -2.34. The third kappa shape index (κ3) is 4.14. The predicted octanol–water partition coefficient (Wildman–Crippen LogP) is 3.92. The van der Waals surface area contributed by atoms with E-state index in [1.54, 1.807) is 30.5 Å². The van der Waals surface area contributed by atoms with Crippen molar-refractivity contribution in [2.24, 2.45) is 0 Å². The molecule has 0 aliphatic carbocycles. The summed E-state index contributed by atoms with van der Waals surface area (Å²) in [5.41, 5.74) is 3.67. The van der Waals surface area contributed by atoms with Crippen molar-refractivity contribution in [2.45, 2.75) is 12.5 Å². The van der Waals surface area contributed by atoms with Crippen molar-refractivity contribution < 1.29 is 19.1 Å². The van der Waals surface area contributed by atoms with E-state index in [4.69, 9.17) is 21.1 Å². The quantitative estimate of drug-likeness (QED) is 0.630. The number of benzene rings is 2. The summed E-state index contributed by atoms with van der Waals surface area (Å²) in [6, 6.07) is 14.2. The van der Waals surface area contributed by atoms with Crippen molar-refractivity contribution >= 4 is 23.5 Å². The van der Waals surface area contributed by atoms with Gasteiger partial charge < -0.3 is 14.8 Å². The second-order valence-electron chi connectivity index (χ2n) is 6.91. The highest BCUT2D eigenvalue weighted by Crippen LogP contribution is 2.41. The maximum absolute atomic E-state index is 12.3. The number of ether oxygens (including phenoxy) is 2. The molecule has 0 spiro atoms. The highest BCUT2D eigenvalue weighted by atomic mass is 35.5. The Morgan fingerprint density at radius 1 is 1.20 bits per heavy atom. The second kappa shape index (κ2) is 8.55. The Balaban J connectivity index is 1.51. The van der Waals surface area contributed by atoms with Gasteiger partial charge in [0.2, 0.25) is 0 Å². The molecule has 7 heteroatoms. The molecule has 2 heterocycles. The molecule has 152 valence electrons. The van der Waals surface area contributed by atoms with Crippen molar-refractivity contribution in [2.75, 3.05) is 13.7 Å². The van der Waals surface area contributed by atoms with Gasteiger partial charge in [-0.1, -0.05) is 23.7 Å². The lowest BCUT2D eigenvalue weighted by atomic mass is 9.99. The van der Waals surface area contributed by atoms with E-state index < -0.39 is 5.97 Å². The molecule has 0 saturated heterocycles. The van der Waals surface area contributed by atoms with Crippen LogP contribution in [0.25, 0.3) is 11.1 Å². The number of nitrogens with zero attached hydrogens (tertiary/aromatic N) is 1. The first-order valence-electron chi connectivity index (χ1n) is 9.41. The van der Waals surface area contributed by atoms with E-state index in [0.29, 0.717) is 29.1 Å². The van der Waals surface area contributed by atoms with Crippen LogP contribution in [-0.2, 0) is 11.2 Å². The van der Waals surface area contributed by atoms with Gasteiger partial charge in [-0.05, 0) is 42.0 Å². The van der Waals surface area contributed by atoms with Crippen molar-refractivity contribution in [3.63, 3.8) is 0 Å². The Morgan fingerprint density at radius 2 is 2.00 bits per heavy atom. The molecule has 1 aliphatic rings. The predicted molar refractivity (Wildman–Crippen MR) is 113 cm³/mol. The third-order valence-electron chi connectivity index (χ3n) is 4.89. The molecule has 1 aliphatic heterocycles. The molecule has 0 bridgehead atoms. The van der Waals surface area contributed by atoms with Gasteiger partial charge in [-0.15, -0.1) is 0 Å². The first-order chi connectivity index (χ1) is 14.5. The number of halogens is 1. The Kier molecular flexibility index (Phi) is 5.68. The van der Waals surface area contributed by atoms with Gasteiger partial charge in [-0.25, -0.2) is 4.79 Å². The van der Waals surface area contributed by atoms with E-state index in [1.165, 1.54) is 13.3 Å². The van der Waals surface area contributed by atoms with Crippen LogP contribution in [0.5, 0.6) is 5.75 Å². The number of nitrogens with one attached hydrogen (secondary N) is 1. The zero-order chi connectivity index (χ0) is 21.1. The Morgan fingerprint density at radius 3 is 2.70 bits per heavy atom. The average molecular weight is 423 g/mol. The Hall–Kier alpha value is -3.38. The Labute approximate surface area is 178 Å². The van der Waals surface area contributed by atoms with Crippen LogP contribution < -0.4 is 10.1 Å². The van der Waals surface area contributed by atoms with Crippen LogP contribution in [0.2, 0.25) is 5.02 Å². The van der Waals surface area contributed by atoms with Gasteiger partial charge in [-0.3, -0.25) is 9.78 Å². The van der Waals surface area contributed by atoms with Crippen LogP contribution >= 0.6 is 11.6 Å². The first-order valence-corrected chi connectivity index (χ1v) is 9.79. The fourth-order valence-corrected chi connectivity index (χ4v) is 3.67. The lowest BCUT2D eigenvalue weighted by Gasteiger charge is -2.14. The number of hydrogen-bond donors (Lipinski definition) is 1. The summed E-state index contributed by atoms with van der Waals surface area (Å²) in [5, 5.41) is 3.49. The van der Waals surface area contributed by atoms with E-state index in [1.807, 2.05) is 24.3 Å². The summed E-state index contributed by atoms with van der Waals surface area (Å²) in [6.07, 6.45) is 3.58. The molecular formula is C23H19ClN2O4. The zero-order valence-electron chi connectivity index (χ0n) is 16.2. The van der Waals surface area contributed by atoms with Gasteiger partial charge in [-0.2, -0.15) is 0 Å². The highest BCUT2D eigenvalue weighted by Gasteiger charge is 2.27. The molecule has 0 unspecified atom stereocenters. The SMILES string of the molecule is COC(=O)c1ccc(-c2cc(Cl)cc3c2O[C@H](CNC(=O)c2cccnc2)C3)cc1. The number of carbonyl (C=O) groups excluding carboxylic acids is 2. The largest absolute Gasteiger partial charge is 0.487 e. The summed E-state index contributed by atoms with van der Waals surface area (Å²) >= 11 is 6.33. The fourth-order valence-electron chi connectivity index (χ4n) is 3.43. The van der Waals surface area contributed by atoms with E-state index in [9.17, 15) is 9.59 Å². The maximum atomic E-state index is 12.3. The van der Waals surface area contributed by atoms with Crippen molar-refractivity contribution in [3.8, 4) is 16.9 Å². The first kappa shape index (κ1) is 19.9. The number of methoxy groups -OCH3 is 1. The number of rotatable bonds is 5. The number of carbonyl (C=O) groups is 2. The summed E-state index contributed by atoms with van der Waals surface area (Å²) in [5.74, 6) is 0.156. The molecular weight excluding hydrogens is 404 g/mol. The van der Waals surface area contributed by atoms with Crippen LogP contribution in [-0.4, -0.2) is 36.6 Å². The molecule has 1 aromatic heterocycles. The maximum Gasteiger partial charge on any atom is 0.337 e. The van der Waals surface area contributed by atoms with E-state index in [0.717, 1.165) is 22.4 Å². The van der Waals surface area contributed by atoms with Crippen molar-refractivity contribution in [1.82, 2.24) is 10.3 Å². The Bertz CT molecular complexity index is 1080. The summed E-state index contributed by atoms with van der Waals surface area (Å²) in [6.45, 7) is 0.362. The van der Waals surface area contributed by atoms with E-state index in [-0.39, 0.29) is 12.0 Å². The lowest BCUT2D eigenvalue weighted by molar-refractivity contribution is 0.0600. The molecule has 1 amide bonds. The standard InChI is InChI=1S/C23H19ClN2O4/c1-29-23(28)15-6-4-14(5-7-15)20-11-18(24)9-17-10-19(30-21(17)20)13-26-22(27)16-3-2-8-25-12-16/h2-9,11-12,19H,10,13H2,1H3,(H,26,27)/t19-/m0/s1. The van der Waals surface area contributed by atoms with E-state index in [2.05, 4.69) is 10.3 Å². The number of pyridine rings is 1. The van der Waals surface area contributed by atoms with Crippen LogP contribution in [0.1, 0.15) is 26.3 Å². The average Bonchev–Trinajstić information content (AvgIpc) is 3.19. The van der Waals surface area contributed by atoms with Crippen molar-refractivity contribution in [3.05, 3.63) is 82.6 Å². The number of aromatic nitrogens is 1. The van der Waals surface area contributed by atoms with Gasteiger partial charge >= 0.3 is 5.97 Å². The molecule has 1 atom stereocenters. The topological polar surface area (TPSA) is 77.5 Å². The van der Waals surface area contributed by atoms with Gasteiger partial charge in [0.15, 0.2) is 0 Å². The minimum absolute atomic E-state index is 0.195. The smallest absolute Gasteiger partial charge is 0.337 e. The number of hydrogen-bond acceptors (Lipinski definition) is 5. The minimum atomic E-state index is -0.390. The third-order valence-corrected chi connectivity index (χ3v) is 5.11. The van der Waals surface area contributed by atoms with Crippen LogP contribution in [0.3, 0.4) is 0 Å². The fraction of sp³-hybridized carbons (Fsp3) is 0.174. The monoisotopic (exact) mass is 422 g/mol. The molecule has 0 radical (unpaired) electrons. The summed E-state index contributed by atoms with van der Waals surface area (Å²) in [4.78, 5) is 27.9. The molecule has 6 nitrogen and oxygen atoms in total. The van der Waals surface area contributed by atoms with Crippen molar-refractivity contribution in [1.29, 1.82) is 0 Å². The molecule has 2 aromatic carbocycles. The number of fused-ring (bicyclic) bond motifs is 1. The molecule has 30 heavy (non-hydrogen) atoms. The van der Waals surface area contributed by atoms with Gasteiger partial charge in [0.1, 0.15) is 11.9 Å². The zero-order valence-corrected chi connectivity index (χ0v) is 17.0. The summed E-state index contributed by atoms with van der Waals surface area (Å²) in [7, 11) is 1.35. The van der Waals surface area contributed by atoms with Gasteiger partial charge in [0.05, 0.1) is 24.8 Å². The highest BCUT2D eigenvalue weighted by molar-refractivity contribution is 6.31. The molecule has 0 fully saturated rings. The van der Waals surface area contributed by atoms with Crippen LogP contribution in [0.15, 0.2) is 60.9 Å². The van der Waals surface area contributed by atoms with Gasteiger partial charge in [0.25, 0.3) is 5.91 Å². The molecule has 1 N–H and O–H groups in total. The molecule has 0 saturated carbocycles. The molecule has 3 aromatic rings. The van der Waals surface area contributed by atoms with Gasteiger partial charge in [0, 0.05) is 35.0 Å². The summed E-state index contributed by atoms with van der Waals surface area (Å²) < 4.78 is 10.9. The normalized spacial score (nSPS) is 14.5. The minimum Gasteiger partial charge on any atom is -0.487 e. The number of esters is 1. The van der Waals surface area contributed by atoms with E-state index >= 15 is 0 Å².